The summed E-state index contributed by atoms with van der Waals surface area (Å²) >= 11 is 1.60. The van der Waals surface area contributed by atoms with Gasteiger partial charge in [0.15, 0.2) is 4.96 Å². The van der Waals surface area contributed by atoms with Gasteiger partial charge in [-0.05, 0) is 0 Å². The normalized spacial score (nSPS) is 13.2. The predicted molar refractivity (Wildman–Crippen MR) is 74.5 cm³/mol. The Bertz CT molecular complexity index is 666. The number of thiazole rings is 1. The van der Waals surface area contributed by atoms with Crippen LogP contribution in [0.25, 0.3) is 4.96 Å². The molecule has 0 aliphatic rings. The summed E-state index contributed by atoms with van der Waals surface area (Å²) in [6, 6.07) is -0.0988. The van der Waals surface area contributed by atoms with Crippen molar-refractivity contribution in [2.45, 2.75) is 12.5 Å². The van der Waals surface area contributed by atoms with Crippen molar-refractivity contribution in [1.82, 2.24) is 24.6 Å². The molecule has 3 aromatic rings. The first-order valence-electron chi connectivity index (χ1n) is 5.83. The number of anilines is 1. The lowest BCUT2D eigenvalue weighted by Crippen LogP contribution is -2.30. The van der Waals surface area contributed by atoms with Crippen LogP contribution in [0.15, 0.2) is 24.0 Å². The van der Waals surface area contributed by atoms with Crippen molar-refractivity contribution < 1.29 is 0 Å². The molecular formula is C11H15N7S. The molecule has 19 heavy (non-hydrogen) atoms. The van der Waals surface area contributed by atoms with E-state index in [1.165, 1.54) is 0 Å². The zero-order valence-corrected chi connectivity index (χ0v) is 11.3. The van der Waals surface area contributed by atoms with Crippen molar-refractivity contribution in [3.63, 3.8) is 0 Å². The molecule has 100 valence electrons. The van der Waals surface area contributed by atoms with Crippen LogP contribution in [0.3, 0.4) is 0 Å². The van der Waals surface area contributed by atoms with Crippen LogP contribution in [0.2, 0.25) is 0 Å². The molecule has 3 aromatic heterocycles. The first-order valence-corrected chi connectivity index (χ1v) is 6.71. The summed E-state index contributed by atoms with van der Waals surface area (Å²) in [7, 11) is 1.80. The third-order valence-electron chi connectivity index (χ3n) is 3.15. The van der Waals surface area contributed by atoms with Crippen molar-refractivity contribution in [3.05, 3.63) is 35.2 Å². The van der Waals surface area contributed by atoms with Crippen LogP contribution in [0.1, 0.15) is 17.3 Å². The first kappa shape index (κ1) is 12.2. The molecular weight excluding hydrogens is 262 g/mol. The number of nitrogens with zero attached hydrogens (tertiary/aromatic N) is 4. The Kier molecular flexibility index (Phi) is 2.97. The zero-order chi connectivity index (χ0) is 13.4. The Morgan fingerprint density at radius 1 is 1.53 bits per heavy atom. The Hall–Kier alpha value is -1.90. The maximum atomic E-state index is 5.97. The summed E-state index contributed by atoms with van der Waals surface area (Å²) < 4.78 is 3.63. The Morgan fingerprint density at radius 3 is 3.00 bits per heavy atom. The maximum absolute atomic E-state index is 5.97. The third kappa shape index (κ3) is 2.09. The first-order chi connectivity index (χ1) is 9.19. The molecule has 1 atom stereocenters. The fourth-order valence-electron chi connectivity index (χ4n) is 2.07. The minimum absolute atomic E-state index is 0.0988. The van der Waals surface area contributed by atoms with E-state index in [1.54, 1.807) is 29.3 Å². The second-order valence-electron chi connectivity index (χ2n) is 4.36. The number of nitrogens with two attached hydrogens (primary N) is 2. The summed E-state index contributed by atoms with van der Waals surface area (Å²) in [5.41, 5.74) is 10.6. The molecule has 0 aliphatic heterocycles. The number of aromatic nitrogens is 4. The van der Waals surface area contributed by atoms with Crippen molar-refractivity contribution in [2.75, 3.05) is 5.73 Å². The van der Waals surface area contributed by atoms with Crippen LogP contribution in [-0.4, -0.2) is 19.2 Å². The van der Waals surface area contributed by atoms with E-state index in [-0.39, 0.29) is 6.04 Å². The van der Waals surface area contributed by atoms with E-state index in [0.29, 0.717) is 12.2 Å². The number of rotatable bonds is 4. The molecule has 3 rings (SSSR count). The van der Waals surface area contributed by atoms with E-state index in [9.17, 15) is 0 Å². The van der Waals surface area contributed by atoms with Gasteiger partial charge in [-0.2, -0.15) is 5.10 Å². The van der Waals surface area contributed by atoms with Gasteiger partial charge in [-0.3, -0.25) is 20.4 Å². The number of nitrogen functional groups attached to an aromatic ring is 1. The summed E-state index contributed by atoms with van der Waals surface area (Å²) in [4.78, 5) is 5.52. The van der Waals surface area contributed by atoms with Gasteiger partial charge < -0.3 is 5.73 Å². The van der Waals surface area contributed by atoms with Gasteiger partial charge in [-0.15, -0.1) is 11.3 Å². The van der Waals surface area contributed by atoms with Crippen LogP contribution in [0, 0.1) is 0 Å². The molecule has 0 spiro atoms. The highest BCUT2D eigenvalue weighted by Crippen LogP contribution is 2.23. The van der Waals surface area contributed by atoms with Gasteiger partial charge >= 0.3 is 0 Å². The van der Waals surface area contributed by atoms with E-state index in [2.05, 4.69) is 15.5 Å². The number of fused-ring (bicyclic) bond motifs is 1. The summed E-state index contributed by atoms with van der Waals surface area (Å²) in [5.74, 6) is 6.24. The zero-order valence-electron chi connectivity index (χ0n) is 10.4. The quantitative estimate of drug-likeness (QED) is 0.475. The van der Waals surface area contributed by atoms with Gasteiger partial charge in [0.25, 0.3) is 0 Å². The van der Waals surface area contributed by atoms with Crippen molar-refractivity contribution in [1.29, 1.82) is 0 Å². The van der Waals surface area contributed by atoms with Gasteiger partial charge in [0.2, 0.25) is 0 Å². The second-order valence-corrected chi connectivity index (χ2v) is 5.23. The highest BCUT2D eigenvalue weighted by Gasteiger charge is 2.18. The topological polar surface area (TPSA) is 99.2 Å². The highest BCUT2D eigenvalue weighted by atomic mass is 32.1. The molecule has 0 saturated heterocycles. The van der Waals surface area contributed by atoms with E-state index < -0.39 is 0 Å². The molecule has 1 unspecified atom stereocenters. The fourth-order valence-corrected chi connectivity index (χ4v) is 2.79. The molecule has 0 amide bonds. The van der Waals surface area contributed by atoms with Crippen LogP contribution < -0.4 is 17.0 Å². The van der Waals surface area contributed by atoms with Crippen molar-refractivity contribution in [3.8, 4) is 0 Å². The van der Waals surface area contributed by atoms with Crippen LogP contribution in [0.4, 0.5) is 5.82 Å². The van der Waals surface area contributed by atoms with Gasteiger partial charge in [0, 0.05) is 36.8 Å². The SMILES string of the molecule is Cn1ncc(C(Cc2cn3ccsc3n2)NN)c1N. The lowest BCUT2D eigenvalue weighted by Gasteiger charge is -2.13. The molecule has 0 aromatic carbocycles. The van der Waals surface area contributed by atoms with Crippen LogP contribution in [-0.2, 0) is 13.5 Å². The van der Waals surface area contributed by atoms with E-state index >= 15 is 0 Å². The van der Waals surface area contributed by atoms with Crippen LogP contribution >= 0.6 is 11.3 Å². The summed E-state index contributed by atoms with van der Waals surface area (Å²) in [6.07, 6.45) is 6.39. The third-order valence-corrected chi connectivity index (χ3v) is 3.92. The standard InChI is InChI=1S/C11H15N7S/c1-17-10(12)8(5-14-17)9(16-13)4-7-6-18-2-3-19-11(18)15-7/h2-3,5-6,9,16H,4,12-13H2,1H3. The molecule has 0 aliphatic carbocycles. The number of hydrogen-bond donors (Lipinski definition) is 3. The molecule has 0 fully saturated rings. The molecule has 8 heteroatoms. The van der Waals surface area contributed by atoms with Crippen molar-refractivity contribution in [2.24, 2.45) is 12.9 Å². The summed E-state index contributed by atoms with van der Waals surface area (Å²) in [5, 5.41) is 6.14. The second kappa shape index (κ2) is 4.65. The minimum Gasteiger partial charge on any atom is -0.384 e. The van der Waals surface area contributed by atoms with E-state index in [0.717, 1.165) is 16.2 Å². The molecule has 3 heterocycles. The molecule has 0 bridgehead atoms. The number of hydrazine groups is 1. The monoisotopic (exact) mass is 277 g/mol. The largest absolute Gasteiger partial charge is 0.384 e. The Labute approximate surface area is 113 Å². The minimum atomic E-state index is -0.0988. The van der Waals surface area contributed by atoms with E-state index in [4.69, 9.17) is 11.6 Å². The van der Waals surface area contributed by atoms with Crippen molar-refractivity contribution >= 4 is 22.1 Å². The molecule has 7 nitrogen and oxygen atoms in total. The van der Waals surface area contributed by atoms with Crippen LogP contribution in [0.5, 0.6) is 0 Å². The maximum Gasteiger partial charge on any atom is 0.193 e. The number of hydrogen-bond acceptors (Lipinski definition) is 6. The van der Waals surface area contributed by atoms with Gasteiger partial charge in [-0.25, -0.2) is 4.98 Å². The predicted octanol–water partition coefficient (Wildman–Crippen LogP) is 0.459. The van der Waals surface area contributed by atoms with E-state index in [1.807, 2.05) is 22.2 Å². The number of imidazole rings is 1. The summed E-state index contributed by atoms with van der Waals surface area (Å²) in [6.45, 7) is 0. The molecule has 0 saturated carbocycles. The lowest BCUT2D eigenvalue weighted by atomic mass is 10.1. The Morgan fingerprint density at radius 2 is 2.37 bits per heavy atom. The smallest absolute Gasteiger partial charge is 0.193 e. The number of nitrogens with one attached hydrogen (secondary N) is 1. The molecule has 5 N–H and O–H groups in total. The number of aryl methyl sites for hydroxylation is 1. The van der Waals surface area contributed by atoms with Gasteiger partial charge in [0.05, 0.1) is 17.9 Å². The Balaban J connectivity index is 1.87. The highest BCUT2D eigenvalue weighted by molar-refractivity contribution is 7.15. The lowest BCUT2D eigenvalue weighted by molar-refractivity contribution is 0.548. The van der Waals surface area contributed by atoms with Gasteiger partial charge in [0.1, 0.15) is 5.82 Å². The average molecular weight is 277 g/mol. The van der Waals surface area contributed by atoms with Gasteiger partial charge in [-0.1, -0.05) is 0 Å². The fraction of sp³-hybridized carbons (Fsp3) is 0.273. The molecule has 0 radical (unpaired) electrons. The average Bonchev–Trinajstić information content (AvgIpc) is 3.04.